The fourth-order valence-electron chi connectivity index (χ4n) is 3.75. The van der Waals surface area contributed by atoms with Crippen LogP contribution in [0.5, 0.6) is 0 Å². The fraction of sp³-hybridized carbons (Fsp3) is 0.167. The van der Waals surface area contributed by atoms with Crippen molar-refractivity contribution in [2.75, 3.05) is 12.4 Å². The second-order valence-electron chi connectivity index (χ2n) is 7.55. The van der Waals surface area contributed by atoms with Crippen LogP contribution in [0.2, 0.25) is 0 Å². The highest BCUT2D eigenvalue weighted by atomic mass is 32.2. The van der Waals surface area contributed by atoms with Crippen molar-refractivity contribution in [1.29, 1.82) is 0 Å². The molecule has 0 bridgehead atoms. The molecule has 1 heterocycles. The highest BCUT2D eigenvalue weighted by molar-refractivity contribution is 7.89. The van der Waals surface area contributed by atoms with Crippen LogP contribution in [0.3, 0.4) is 0 Å². The molecule has 1 N–H and O–H groups in total. The molecular weight excluding hydrogens is 447 g/mol. The number of methoxy groups -OCH3 is 1. The van der Waals surface area contributed by atoms with Gasteiger partial charge in [-0.05, 0) is 66.1 Å². The number of rotatable bonds is 5. The maximum absolute atomic E-state index is 13.4. The molecule has 0 saturated heterocycles. The number of esters is 1. The Labute approximate surface area is 190 Å². The lowest BCUT2D eigenvalue weighted by atomic mass is 9.95. The van der Waals surface area contributed by atoms with Gasteiger partial charge in [0.05, 0.1) is 17.6 Å². The van der Waals surface area contributed by atoms with Crippen molar-refractivity contribution in [2.24, 2.45) is 0 Å². The zero-order valence-electron chi connectivity index (χ0n) is 17.7. The van der Waals surface area contributed by atoms with E-state index in [2.05, 4.69) is 10.1 Å². The monoisotopic (exact) mass is 468 g/mol. The standard InChI is InChI=1S/C24H21FN2O5S/c1-32-24(29)16-6-10-20(11-7-16)26-23(28)22-14-17-4-2-3-5-18(17)15-27(22)33(30,31)21-12-8-19(25)9-13-21/h2-13,22H,14-15H2,1H3,(H,26,28)/t22-/m0/s1. The molecule has 33 heavy (non-hydrogen) atoms. The average Bonchev–Trinajstić information content (AvgIpc) is 2.83. The Balaban J connectivity index is 1.65. The van der Waals surface area contributed by atoms with Crippen LogP contribution in [0.15, 0.2) is 77.7 Å². The number of nitrogens with zero attached hydrogens (tertiary/aromatic N) is 1. The lowest BCUT2D eigenvalue weighted by molar-refractivity contribution is -0.120. The van der Waals surface area contributed by atoms with Gasteiger partial charge in [0.15, 0.2) is 0 Å². The van der Waals surface area contributed by atoms with E-state index in [1.165, 1.54) is 31.4 Å². The van der Waals surface area contributed by atoms with Gasteiger partial charge < -0.3 is 10.1 Å². The van der Waals surface area contributed by atoms with Gasteiger partial charge in [0.25, 0.3) is 0 Å². The number of benzene rings is 3. The summed E-state index contributed by atoms with van der Waals surface area (Å²) in [4.78, 5) is 24.7. The first kappa shape index (κ1) is 22.6. The summed E-state index contributed by atoms with van der Waals surface area (Å²) in [5.41, 5.74) is 2.41. The van der Waals surface area contributed by atoms with Crippen molar-refractivity contribution in [2.45, 2.75) is 23.9 Å². The van der Waals surface area contributed by atoms with Crippen LogP contribution in [-0.4, -0.2) is 37.8 Å². The van der Waals surface area contributed by atoms with E-state index in [1.807, 2.05) is 24.3 Å². The molecule has 1 aliphatic heterocycles. The van der Waals surface area contributed by atoms with Gasteiger partial charge >= 0.3 is 5.97 Å². The third kappa shape index (κ3) is 4.64. The maximum atomic E-state index is 13.4. The lowest BCUT2D eigenvalue weighted by Gasteiger charge is -2.35. The maximum Gasteiger partial charge on any atom is 0.337 e. The minimum Gasteiger partial charge on any atom is -0.465 e. The van der Waals surface area contributed by atoms with Gasteiger partial charge in [0.1, 0.15) is 11.9 Å². The Morgan fingerprint density at radius 1 is 0.970 bits per heavy atom. The summed E-state index contributed by atoms with van der Waals surface area (Å²) in [6, 6.07) is 16.9. The number of amides is 1. The summed E-state index contributed by atoms with van der Waals surface area (Å²) in [5.74, 6) is -1.57. The van der Waals surface area contributed by atoms with Gasteiger partial charge in [-0.25, -0.2) is 17.6 Å². The van der Waals surface area contributed by atoms with E-state index < -0.39 is 33.8 Å². The summed E-state index contributed by atoms with van der Waals surface area (Å²) in [7, 11) is -2.81. The van der Waals surface area contributed by atoms with Crippen molar-refractivity contribution in [1.82, 2.24) is 4.31 Å². The quantitative estimate of drug-likeness (QED) is 0.580. The number of halogens is 1. The molecule has 7 nitrogen and oxygen atoms in total. The number of carbonyl (C=O) groups excluding carboxylic acids is 2. The topological polar surface area (TPSA) is 92.8 Å². The van der Waals surface area contributed by atoms with E-state index in [-0.39, 0.29) is 17.9 Å². The van der Waals surface area contributed by atoms with Gasteiger partial charge in [-0.1, -0.05) is 24.3 Å². The molecular formula is C24H21FN2O5S. The first-order valence-corrected chi connectivity index (χ1v) is 11.6. The summed E-state index contributed by atoms with van der Waals surface area (Å²) < 4.78 is 46.0. The number of nitrogens with one attached hydrogen (secondary N) is 1. The van der Waals surface area contributed by atoms with E-state index in [1.54, 1.807) is 12.1 Å². The zero-order chi connectivity index (χ0) is 23.6. The molecule has 3 aromatic carbocycles. The van der Waals surface area contributed by atoms with Crippen molar-refractivity contribution in [3.05, 3.63) is 95.3 Å². The Morgan fingerprint density at radius 2 is 1.61 bits per heavy atom. The van der Waals surface area contributed by atoms with Gasteiger partial charge in [-0.3, -0.25) is 4.79 Å². The van der Waals surface area contributed by atoms with Crippen molar-refractivity contribution in [3.8, 4) is 0 Å². The zero-order valence-corrected chi connectivity index (χ0v) is 18.5. The molecule has 0 aromatic heterocycles. The molecule has 0 aliphatic carbocycles. The average molecular weight is 469 g/mol. The number of ether oxygens (including phenoxy) is 1. The molecule has 0 radical (unpaired) electrons. The van der Waals surface area contributed by atoms with Crippen LogP contribution in [-0.2, 0) is 32.5 Å². The number of carbonyl (C=O) groups is 2. The molecule has 1 aliphatic rings. The normalized spacial score (nSPS) is 16.0. The van der Waals surface area contributed by atoms with Crippen LogP contribution >= 0.6 is 0 Å². The third-order valence-corrected chi connectivity index (χ3v) is 7.37. The summed E-state index contributed by atoms with van der Waals surface area (Å²) in [6.45, 7) is 0.00917. The summed E-state index contributed by atoms with van der Waals surface area (Å²) >= 11 is 0. The van der Waals surface area contributed by atoms with Crippen LogP contribution in [0.1, 0.15) is 21.5 Å². The van der Waals surface area contributed by atoms with Gasteiger partial charge in [0.2, 0.25) is 15.9 Å². The molecule has 9 heteroatoms. The van der Waals surface area contributed by atoms with Crippen LogP contribution in [0, 0.1) is 5.82 Å². The van der Waals surface area contributed by atoms with E-state index in [0.717, 1.165) is 27.6 Å². The Morgan fingerprint density at radius 3 is 2.24 bits per heavy atom. The largest absolute Gasteiger partial charge is 0.465 e. The highest BCUT2D eigenvalue weighted by Gasteiger charge is 2.39. The van der Waals surface area contributed by atoms with E-state index in [4.69, 9.17) is 0 Å². The predicted octanol–water partition coefficient (Wildman–Crippen LogP) is 3.37. The summed E-state index contributed by atoms with van der Waals surface area (Å²) in [5, 5.41) is 2.73. The van der Waals surface area contributed by atoms with Crippen LogP contribution in [0.25, 0.3) is 0 Å². The second-order valence-corrected chi connectivity index (χ2v) is 9.44. The molecule has 0 unspecified atom stereocenters. The minimum atomic E-state index is -4.08. The van der Waals surface area contributed by atoms with Crippen molar-refractivity contribution >= 4 is 27.6 Å². The molecule has 3 aromatic rings. The van der Waals surface area contributed by atoms with Crippen molar-refractivity contribution in [3.63, 3.8) is 0 Å². The van der Waals surface area contributed by atoms with Gasteiger partial charge in [0, 0.05) is 12.2 Å². The number of hydrogen-bond acceptors (Lipinski definition) is 5. The molecule has 170 valence electrons. The molecule has 1 atom stereocenters. The Hall–Kier alpha value is -3.56. The van der Waals surface area contributed by atoms with Crippen LogP contribution < -0.4 is 5.32 Å². The molecule has 4 rings (SSSR count). The SMILES string of the molecule is COC(=O)c1ccc(NC(=O)[C@@H]2Cc3ccccc3CN2S(=O)(=O)c2ccc(F)cc2)cc1. The first-order valence-electron chi connectivity index (χ1n) is 10.1. The smallest absolute Gasteiger partial charge is 0.337 e. The molecule has 0 fully saturated rings. The Bertz CT molecular complexity index is 1290. The number of fused-ring (bicyclic) bond motifs is 1. The van der Waals surface area contributed by atoms with E-state index in [9.17, 15) is 22.4 Å². The van der Waals surface area contributed by atoms with Gasteiger partial charge in [-0.15, -0.1) is 0 Å². The molecule has 0 saturated carbocycles. The third-order valence-electron chi connectivity index (χ3n) is 5.50. The summed E-state index contributed by atoms with van der Waals surface area (Å²) in [6.07, 6.45) is 0.183. The molecule has 1 amide bonds. The van der Waals surface area contributed by atoms with Crippen LogP contribution in [0.4, 0.5) is 10.1 Å². The van der Waals surface area contributed by atoms with Gasteiger partial charge in [-0.2, -0.15) is 4.31 Å². The number of anilines is 1. The first-order chi connectivity index (χ1) is 15.8. The van der Waals surface area contributed by atoms with E-state index in [0.29, 0.717) is 11.3 Å². The van der Waals surface area contributed by atoms with E-state index >= 15 is 0 Å². The molecule has 0 spiro atoms. The highest BCUT2D eigenvalue weighted by Crippen LogP contribution is 2.30. The number of sulfonamides is 1. The van der Waals surface area contributed by atoms with Crippen molar-refractivity contribution < 1.29 is 27.1 Å². The lowest BCUT2D eigenvalue weighted by Crippen LogP contribution is -2.50. The minimum absolute atomic E-state index is 0.00917. The predicted molar refractivity (Wildman–Crippen MR) is 119 cm³/mol. The fourth-order valence-corrected chi connectivity index (χ4v) is 5.32. The number of hydrogen-bond donors (Lipinski definition) is 1. The Kier molecular flexibility index (Phi) is 6.26. The second kappa shape index (κ2) is 9.13.